The summed E-state index contributed by atoms with van der Waals surface area (Å²) in [4.78, 5) is 23.7. The van der Waals surface area contributed by atoms with Crippen LogP contribution in [-0.4, -0.2) is 31.5 Å². The number of nitrogens with two attached hydrogens (primary N) is 2. The molecule has 0 spiro atoms. The first-order chi connectivity index (χ1) is 10.1. The van der Waals surface area contributed by atoms with Gasteiger partial charge in [-0.25, -0.2) is 0 Å². The van der Waals surface area contributed by atoms with E-state index in [4.69, 9.17) is 16.2 Å². The van der Waals surface area contributed by atoms with Crippen LogP contribution in [0.5, 0.6) is 5.75 Å². The lowest BCUT2D eigenvalue weighted by atomic mass is 10.1. The predicted octanol–water partition coefficient (Wildman–Crippen LogP) is -0.0875. The minimum atomic E-state index is -0.672. The number of hydrogen-bond acceptors (Lipinski definition) is 5. The Bertz CT molecular complexity index is 479. The Kier molecular flexibility index (Phi) is 7.20. The standard InChI is InChI=1S/C14H22N4O3/c1-21-12-8-3-2-6-10(12)13(19)17-18-14(20)11(16)7-4-5-9-15/h2-3,6,8,11H,4-5,7,9,15-16H2,1H3,(H,17,19)(H,18,20)/t11-/m0/s1. The third-order valence-corrected chi connectivity index (χ3v) is 2.96. The second-order valence-corrected chi connectivity index (χ2v) is 4.53. The molecule has 7 nitrogen and oxygen atoms in total. The molecular formula is C14H22N4O3. The predicted molar refractivity (Wildman–Crippen MR) is 79.5 cm³/mol. The van der Waals surface area contributed by atoms with E-state index in [1.54, 1.807) is 24.3 Å². The van der Waals surface area contributed by atoms with Crippen LogP contribution < -0.4 is 27.1 Å². The molecule has 0 radical (unpaired) electrons. The molecule has 1 atom stereocenters. The molecular weight excluding hydrogens is 272 g/mol. The molecule has 0 saturated carbocycles. The minimum absolute atomic E-state index is 0.331. The number of hydrogen-bond donors (Lipinski definition) is 4. The van der Waals surface area contributed by atoms with Crippen molar-refractivity contribution in [3.63, 3.8) is 0 Å². The smallest absolute Gasteiger partial charge is 0.273 e. The van der Waals surface area contributed by atoms with Crippen LogP contribution in [0.3, 0.4) is 0 Å². The van der Waals surface area contributed by atoms with Crippen molar-refractivity contribution in [3.05, 3.63) is 29.8 Å². The number of hydrazine groups is 1. The van der Waals surface area contributed by atoms with Gasteiger partial charge in [0.15, 0.2) is 0 Å². The molecule has 0 aliphatic carbocycles. The third kappa shape index (κ3) is 5.41. The highest BCUT2D eigenvalue weighted by Crippen LogP contribution is 2.16. The minimum Gasteiger partial charge on any atom is -0.496 e. The van der Waals surface area contributed by atoms with Gasteiger partial charge in [-0.15, -0.1) is 0 Å². The first-order valence-electron chi connectivity index (χ1n) is 6.79. The Morgan fingerprint density at radius 1 is 1.24 bits per heavy atom. The summed E-state index contributed by atoms with van der Waals surface area (Å²) in [6.45, 7) is 0.568. The zero-order valence-corrected chi connectivity index (χ0v) is 12.1. The van der Waals surface area contributed by atoms with Crippen LogP contribution in [0.4, 0.5) is 0 Å². The summed E-state index contributed by atoms with van der Waals surface area (Å²) in [6.07, 6.45) is 2.10. The quantitative estimate of drug-likeness (QED) is 0.414. The van der Waals surface area contributed by atoms with E-state index in [-0.39, 0.29) is 0 Å². The number of methoxy groups -OCH3 is 1. The molecule has 0 aromatic heterocycles. The van der Waals surface area contributed by atoms with Crippen molar-refractivity contribution in [2.24, 2.45) is 11.5 Å². The summed E-state index contributed by atoms with van der Waals surface area (Å²) >= 11 is 0. The zero-order valence-electron chi connectivity index (χ0n) is 12.1. The van der Waals surface area contributed by atoms with Crippen LogP contribution in [0.2, 0.25) is 0 Å². The van der Waals surface area contributed by atoms with Gasteiger partial charge in [0.1, 0.15) is 5.75 Å². The van der Waals surface area contributed by atoms with Gasteiger partial charge in [0.25, 0.3) is 11.8 Å². The number of nitrogens with one attached hydrogen (secondary N) is 2. The van der Waals surface area contributed by atoms with Gasteiger partial charge in [-0.05, 0) is 31.5 Å². The summed E-state index contributed by atoms with van der Waals surface area (Å²) in [5.74, 6) is -0.471. The van der Waals surface area contributed by atoms with Crippen molar-refractivity contribution in [1.82, 2.24) is 10.9 Å². The van der Waals surface area contributed by atoms with Gasteiger partial charge in [0.05, 0.1) is 18.7 Å². The highest BCUT2D eigenvalue weighted by molar-refractivity contribution is 5.98. The second-order valence-electron chi connectivity index (χ2n) is 4.53. The lowest BCUT2D eigenvalue weighted by molar-refractivity contribution is -0.123. The zero-order chi connectivity index (χ0) is 15.7. The highest BCUT2D eigenvalue weighted by Gasteiger charge is 2.15. The maximum absolute atomic E-state index is 11.9. The number of rotatable bonds is 7. The number of para-hydroxylation sites is 1. The fourth-order valence-electron chi connectivity index (χ4n) is 1.75. The Morgan fingerprint density at radius 2 is 1.95 bits per heavy atom. The molecule has 0 saturated heterocycles. The van der Waals surface area contributed by atoms with Crippen LogP contribution in [0.25, 0.3) is 0 Å². The van der Waals surface area contributed by atoms with E-state index < -0.39 is 17.9 Å². The Morgan fingerprint density at radius 3 is 2.62 bits per heavy atom. The normalized spacial score (nSPS) is 11.6. The number of carbonyl (C=O) groups excluding carboxylic acids is 2. The SMILES string of the molecule is COc1ccccc1C(=O)NNC(=O)[C@@H](N)CCCCN. The molecule has 0 aliphatic heterocycles. The third-order valence-electron chi connectivity index (χ3n) is 2.96. The Balaban J connectivity index is 2.47. The number of unbranched alkanes of at least 4 members (excludes halogenated alkanes) is 1. The average Bonchev–Trinajstić information content (AvgIpc) is 2.52. The van der Waals surface area contributed by atoms with E-state index in [0.29, 0.717) is 24.3 Å². The van der Waals surface area contributed by atoms with Crippen molar-refractivity contribution in [2.75, 3.05) is 13.7 Å². The summed E-state index contributed by atoms with van der Waals surface area (Å²) in [6, 6.07) is 6.05. The molecule has 0 heterocycles. The summed E-state index contributed by atoms with van der Waals surface area (Å²) in [5, 5.41) is 0. The first kappa shape index (κ1) is 16.9. The van der Waals surface area contributed by atoms with Gasteiger partial charge >= 0.3 is 0 Å². The molecule has 0 aliphatic rings. The average molecular weight is 294 g/mol. The van der Waals surface area contributed by atoms with Gasteiger partial charge in [-0.2, -0.15) is 0 Å². The maximum Gasteiger partial charge on any atom is 0.273 e. The van der Waals surface area contributed by atoms with Crippen LogP contribution >= 0.6 is 0 Å². The van der Waals surface area contributed by atoms with E-state index in [2.05, 4.69) is 10.9 Å². The molecule has 21 heavy (non-hydrogen) atoms. The van der Waals surface area contributed by atoms with E-state index in [1.807, 2.05) is 0 Å². The van der Waals surface area contributed by atoms with Crippen LogP contribution in [0, 0.1) is 0 Å². The van der Waals surface area contributed by atoms with Crippen LogP contribution in [0.15, 0.2) is 24.3 Å². The van der Waals surface area contributed by atoms with E-state index in [1.165, 1.54) is 7.11 Å². The molecule has 1 aromatic carbocycles. The molecule has 6 N–H and O–H groups in total. The summed E-state index contributed by atoms with van der Waals surface area (Å²) < 4.78 is 5.08. The molecule has 0 fully saturated rings. The molecule has 0 bridgehead atoms. The van der Waals surface area contributed by atoms with Crippen molar-refractivity contribution < 1.29 is 14.3 Å². The molecule has 1 rings (SSSR count). The van der Waals surface area contributed by atoms with Crippen molar-refractivity contribution >= 4 is 11.8 Å². The molecule has 7 heteroatoms. The van der Waals surface area contributed by atoms with E-state index >= 15 is 0 Å². The van der Waals surface area contributed by atoms with Gasteiger partial charge in [0, 0.05) is 0 Å². The number of benzene rings is 1. The van der Waals surface area contributed by atoms with Crippen molar-refractivity contribution in [1.29, 1.82) is 0 Å². The van der Waals surface area contributed by atoms with Gasteiger partial charge in [0.2, 0.25) is 0 Å². The van der Waals surface area contributed by atoms with E-state index in [0.717, 1.165) is 12.8 Å². The fourth-order valence-corrected chi connectivity index (χ4v) is 1.75. The van der Waals surface area contributed by atoms with Gasteiger partial charge in [-0.3, -0.25) is 20.4 Å². The van der Waals surface area contributed by atoms with Gasteiger partial charge < -0.3 is 16.2 Å². The topological polar surface area (TPSA) is 119 Å². The fraction of sp³-hybridized carbons (Fsp3) is 0.429. The monoisotopic (exact) mass is 294 g/mol. The second kappa shape index (κ2) is 8.93. The summed E-state index contributed by atoms with van der Waals surface area (Å²) in [5.41, 5.74) is 16.0. The lowest BCUT2D eigenvalue weighted by Gasteiger charge is -2.13. The number of amides is 2. The van der Waals surface area contributed by atoms with Crippen molar-refractivity contribution in [2.45, 2.75) is 25.3 Å². The van der Waals surface area contributed by atoms with Crippen LogP contribution in [0.1, 0.15) is 29.6 Å². The molecule has 2 amide bonds. The molecule has 1 aromatic rings. The van der Waals surface area contributed by atoms with Crippen LogP contribution in [-0.2, 0) is 4.79 Å². The largest absolute Gasteiger partial charge is 0.496 e. The molecule has 0 unspecified atom stereocenters. The Labute approximate surface area is 124 Å². The lowest BCUT2D eigenvalue weighted by Crippen LogP contribution is -2.49. The number of ether oxygens (including phenoxy) is 1. The van der Waals surface area contributed by atoms with Gasteiger partial charge in [-0.1, -0.05) is 18.6 Å². The van der Waals surface area contributed by atoms with E-state index in [9.17, 15) is 9.59 Å². The molecule has 116 valence electrons. The van der Waals surface area contributed by atoms with Crippen molar-refractivity contribution in [3.8, 4) is 5.75 Å². The first-order valence-corrected chi connectivity index (χ1v) is 6.79. The highest BCUT2D eigenvalue weighted by atomic mass is 16.5. The number of carbonyl (C=O) groups is 2. The maximum atomic E-state index is 11.9. The Hall–Kier alpha value is -2.12. The summed E-state index contributed by atoms with van der Waals surface area (Å²) in [7, 11) is 1.47.